The lowest BCUT2D eigenvalue weighted by Crippen LogP contribution is -2.21. The number of hydrogen-bond donors (Lipinski definition) is 1. The largest absolute Gasteiger partial charge is 0.395 e. The van der Waals surface area contributed by atoms with Crippen molar-refractivity contribution in [1.82, 2.24) is 20.0 Å². The van der Waals surface area contributed by atoms with Gasteiger partial charge in [-0.3, -0.25) is 4.98 Å². The number of aromatic nitrogens is 4. The van der Waals surface area contributed by atoms with Crippen molar-refractivity contribution in [3.8, 4) is 5.69 Å². The van der Waals surface area contributed by atoms with Crippen LogP contribution in [-0.4, -0.2) is 33.1 Å². The maximum absolute atomic E-state index is 6.16. The van der Waals surface area contributed by atoms with Gasteiger partial charge in [0, 0.05) is 13.1 Å². The molecule has 3 rings (SSSR count). The Morgan fingerprint density at radius 2 is 2.06 bits per heavy atom. The fraction of sp³-hybridized carbons (Fsp3) is 0.417. The summed E-state index contributed by atoms with van der Waals surface area (Å²) in [4.78, 5) is 6.67. The van der Waals surface area contributed by atoms with Gasteiger partial charge < -0.3 is 10.6 Å². The zero-order chi connectivity index (χ0) is 12.5. The molecule has 0 amide bonds. The van der Waals surface area contributed by atoms with Gasteiger partial charge in [-0.2, -0.15) is 0 Å². The highest BCUT2D eigenvalue weighted by atomic mass is 15.4. The van der Waals surface area contributed by atoms with E-state index in [2.05, 4.69) is 20.2 Å². The van der Waals surface area contributed by atoms with Crippen LogP contribution in [0.2, 0.25) is 0 Å². The van der Waals surface area contributed by atoms with Crippen molar-refractivity contribution in [2.75, 3.05) is 23.7 Å². The van der Waals surface area contributed by atoms with Gasteiger partial charge in [-0.1, -0.05) is 5.21 Å². The fourth-order valence-electron chi connectivity index (χ4n) is 2.36. The molecule has 2 aromatic rings. The first-order valence-electron chi connectivity index (χ1n) is 6.14. The molecule has 94 valence electrons. The molecule has 2 N–H and O–H groups in total. The highest BCUT2D eigenvalue weighted by Crippen LogP contribution is 2.32. The van der Waals surface area contributed by atoms with E-state index in [1.165, 1.54) is 12.8 Å². The normalized spacial score (nSPS) is 15.3. The van der Waals surface area contributed by atoms with Crippen LogP contribution in [0.1, 0.15) is 18.5 Å². The summed E-state index contributed by atoms with van der Waals surface area (Å²) in [5.41, 5.74) is 9.59. The third-order valence-corrected chi connectivity index (χ3v) is 3.37. The van der Waals surface area contributed by atoms with E-state index in [1.54, 1.807) is 10.9 Å². The molecule has 0 saturated carbocycles. The first-order chi connectivity index (χ1) is 8.77. The topological polar surface area (TPSA) is 72.9 Å². The summed E-state index contributed by atoms with van der Waals surface area (Å²) >= 11 is 0. The van der Waals surface area contributed by atoms with Gasteiger partial charge in [0.1, 0.15) is 5.69 Å². The van der Waals surface area contributed by atoms with Crippen molar-refractivity contribution in [2.24, 2.45) is 0 Å². The average Bonchev–Trinajstić information content (AvgIpc) is 3.03. The van der Waals surface area contributed by atoms with Crippen molar-refractivity contribution in [3.05, 3.63) is 24.3 Å². The third-order valence-electron chi connectivity index (χ3n) is 3.37. The van der Waals surface area contributed by atoms with E-state index in [4.69, 9.17) is 5.73 Å². The van der Waals surface area contributed by atoms with Crippen molar-refractivity contribution in [3.63, 3.8) is 0 Å². The van der Waals surface area contributed by atoms with Gasteiger partial charge >= 0.3 is 0 Å². The number of nitrogen functional groups attached to an aromatic ring is 1. The number of hydrogen-bond acceptors (Lipinski definition) is 5. The minimum Gasteiger partial charge on any atom is -0.395 e. The third kappa shape index (κ3) is 1.70. The molecular weight excluding hydrogens is 228 g/mol. The molecule has 0 aromatic carbocycles. The van der Waals surface area contributed by atoms with Crippen LogP contribution in [0.5, 0.6) is 0 Å². The zero-order valence-electron chi connectivity index (χ0n) is 10.4. The monoisotopic (exact) mass is 244 g/mol. The molecule has 0 aliphatic carbocycles. The number of pyridine rings is 1. The molecule has 0 unspecified atom stereocenters. The molecule has 0 atom stereocenters. The minimum atomic E-state index is 0.671. The van der Waals surface area contributed by atoms with Gasteiger partial charge in [0.05, 0.1) is 35.7 Å². The van der Waals surface area contributed by atoms with E-state index in [9.17, 15) is 0 Å². The van der Waals surface area contributed by atoms with Gasteiger partial charge in [-0.25, -0.2) is 4.68 Å². The predicted molar refractivity (Wildman–Crippen MR) is 69.8 cm³/mol. The molecule has 2 aromatic heterocycles. The van der Waals surface area contributed by atoms with Crippen molar-refractivity contribution in [2.45, 2.75) is 19.8 Å². The summed E-state index contributed by atoms with van der Waals surface area (Å²) < 4.78 is 1.72. The number of nitrogens with two attached hydrogens (primary N) is 1. The summed E-state index contributed by atoms with van der Waals surface area (Å²) in [5.74, 6) is 0. The summed E-state index contributed by atoms with van der Waals surface area (Å²) in [7, 11) is 0. The van der Waals surface area contributed by atoms with Crippen LogP contribution in [0.15, 0.2) is 18.6 Å². The second-order valence-corrected chi connectivity index (χ2v) is 4.53. The molecule has 3 heterocycles. The molecule has 1 fully saturated rings. The first kappa shape index (κ1) is 11.0. The minimum absolute atomic E-state index is 0.671. The van der Waals surface area contributed by atoms with E-state index in [1.807, 2.05) is 19.3 Å². The number of aryl methyl sites for hydroxylation is 1. The van der Waals surface area contributed by atoms with Crippen LogP contribution >= 0.6 is 0 Å². The van der Waals surface area contributed by atoms with Crippen LogP contribution < -0.4 is 10.6 Å². The number of nitrogens with zero attached hydrogens (tertiary/aromatic N) is 5. The maximum Gasteiger partial charge on any atom is 0.116 e. The molecule has 0 radical (unpaired) electrons. The number of rotatable bonds is 2. The van der Waals surface area contributed by atoms with Crippen LogP contribution in [-0.2, 0) is 0 Å². The smallest absolute Gasteiger partial charge is 0.116 e. The molecule has 0 bridgehead atoms. The zero-order valence-corrected chi connectivity index (χ0v) is 10.4. The predicted octanol–water partition coefficient (Wildman–Crippen LogP) is 1.15. The lowest BCUT2D eigenvalue weighted by Gasteiger charge is -2.22. The maximum atomic E-state index is 6.16. The molecule has 1 saturated heterocycles. The van der Waals surface area contributed by atoms with Crippen molar-refractivity contribution >= 4 is 11.4 Å². The Morgan fingerprint density at radius 1 is 1.28 bits per heavy atom. The van der Waals surface area contributed by atoms with E-state index >= 15 is 0 Å². The van der Waals surface area contributed by atoms with E-state index in [0.29, 0.717) is 5.69 Å². The first-order valence-corrected chi connectivity index (χ1v) is 6.14. The molecule has 18 heavy (non-hydrogen) atoms. The van der Waals surface area contributed by atoms with E-state index < -0.39 is 0 Å². The second kappa shape index (κ2) is 4.29. The Labute approximate surface area is 105 Å². The Bertz CT molecular complexity index is 542. The van der Waals surface area contributed by atoms with Gasteiger partial charge in [0.2, 0.25) is 0 Å². The fourth-order valence-corrected chi connectivity index (χ4v) is 2.36. The van der Waals surface area contributed by atoms with Gasteiger partial charge in [-0.05, 0) is 19.8 Å². The summed E-state index contributed by atoms with van der Waals surface area (Å²) in [5, 5.41) is 7.91. The van der Waals surface area contributed by atoms with Crippen LogP contribution in [0.4, 0.5) is 11.4 Å². The van der Waals surface area contributed by atoms with Crippen LogP contribution in [0.25, 0.3) is 5.69 Å². The van der Waals surface area contributed by atoms with Crippen molar-refractivity contribution in [1.29, 1.82) is 0 Å². The molecular formula is C12H16N6. The van der Waals surface area contributed by atoms with Crippen LogP contribution in [0.3, 0.4) is 0 Å². The van der Waals surface area contributed by atoms with Crippen LogP contribution in [0, 0.1) is 6.92 Å². The standard InChI is InChI=1S/C12H16N6/c1-9-11(13)12(18-7-4-15-16-18)10(8-14-9)17-5-2-3-6-17/h4,7-8H,2-3,5-6,13H2,1H3. The Morgan fingerprint density at radius 3 is 2.72 bits per heavy atom. The Kier molecular flexibility index (Phi) is 2.62. The lowest BCUT2D eigenvalue weighted by atomic mass is 10.2. The molecule has 0 spiro atoms. The van der Waals surface area contributed by atoms with Crippen molar-refractivity contribution < 1.29 is 0 Å². The summed E-state index contributed by atoms with van der Waals surface area (Å²) in [6, 6.07) is 0. The van der Waals surface area contributed by atoms with Gasteiger partial charge in [0.25, 0.3) is 0 Å². The number of anilines is 2. The summed E-state index contributed by atoms with van der Waals surface area (Å²) in [6.45, 7) is 4.00. The second-order valence-electron chi connectivity index (χ2n) is 4.53. The van der Waals surface area contributed by atoms with E-state index in [0.717, 1.165) is 30.2 Å². The molecule has 6 nitrogen and oxygen atoms in total. The highest BCUT2D eigenvalue weighted by molar-refractivity contribution is 5.75. The quantitative estimate of drug-likeness (QED) is 0.858. The summed E-state index contributed by atoms with van der Waals surface area (Å²) in [6.07, 6.45) is 7.77. The molecule has 6 heteroatoms. The Hall–Kier alpha value is -2.11. The SMILES string of the molecule is Cc1ncc(N2CCCC2)c(-n2ccnn2)c1N. The molecule has 1 aliphatic rings. The van der Waals surface area contributed by atoms with Gasteiger partial charge in [0.15, 0.2) is 0 Å². The van der Waals surface area contributed by atoms with Gasteiger partial charge in [-0.15, -0.1) is 5.10 Å². The average molecular weight is 244 g/mol. The highest BCUT2D eigenvalue weighted by Gasteiger charge is 2.20. The lowest BCUT2D eigenvalue weighted by molar-refractivity contribution is 0.794. The molecule has 1 aliphatic heterocycles. The Balaban J connectivity index is 2.16. The van der Waals surface area contributed by atoms with E-state index in [-0.39, 0.29) is 0 Å².